The van der Waals surface area contributed by atoms with E-state index in [0.717, 1.165) is 50.6 Å². The molecule has 3 rings (SSSR count). The minimum absolute atomic E-state index is 0. The molecule has 2 heterocycles. The number of nitro benzene ring substituents is 1. The number of nitro groups is 1. The number of nitrogens with one attached hydrogen (secondary N) is 1. The number of guanidine groups is 1. The van der Waals surface area contributed by atoms with E-state index >= 15 is 0 Å². The molecule has 2 aliphatic rings. The van der Waals surface area contributed by atoms with Gasteiger partial charge in [0.15, 0.2) is 5.96 Å². The molecular formula is C18H27IN4O4. The molecule has 9 heteroatoms. The zero-order valence-corrected chi connectivity index (χ0v) is 17.8. The Morgan fingerprint density at radius 3 is 2.89 bits per heavy atom. The first-order valence-corrected chi connectivity index (χ1v) is 9.17. The third-order valence-corrected chi connectivity index (χ3v) is 4.64. The van der Waals surface area contributed by atoms with Gasteiger partial charge in [-0.05, 0) is 25.3 Å². The Kier molecular flexibility index (Phi) is 8.71. The van der Waals surface area contributed by atoms with Crippen LogP contribution >= 0.6 is 24.0 Å². The zero-order valence-electron chi connectivity index (χ0n) is 15.5. The fourth-order valence-corrected chi connectivity index (χ4v) is 3.35. The van der Waals surface area contributed by atoms with Gasteiger partial charge in [0.25, 0.3) is 5.69 Å². The summed E-state index contributed by atoms with van der Waals surface area (Å²) in [5.41, 5.74) is 0.908. The number of halogens is 1. The van der Waals surface area contributed by atoms with Gasteiger partial charge in [-0.2, -0.15) is 0 Å². The molecule has 8 nitrogen and oxygen atoms in total. The second-order valence-corrected chi connectivity index (χ2v) is 6.50. The van der Waals surface area contributed by atoms with Crippen molar-refractivity contribution in [1.82, 2.24) is 10.2 Å². The minimum atomic E-state index is -0.382. The summed E-state index contributed by atoms with van der Waals surface area (Å²) < 4.78 is 11.7. The van der Waals surface area contributed by atoms with Gasteiger partial charge in [-0.3, -0.25) is 10.1 Å². The lowest BCUT2D eigenvalue weighted by molar-refractivity contribution is -0.384. The van der Waals surface area contributed by atoms with Crippen LogP contribution < -0.4 is 5.32 Å². The number of non-ortho nitro benzene ring substituents is 1. The number of benzene rings is 1. The van der Waals surface area contributed by atoms with Crippen LogP contribution in [-0.2, 0) is 16.0 Å². The van der Waals surface area contributed by atoms with E-state index < -0.39 is 0 Å². The largest absolute Gasteiger partial charge is 0.375 e. The predicted molar refractivity (Wildman–Crippen MR) is 114 cm³/mol. The molecule has 0 spiro atoms. The van der Waals surface area contributed by atoms with E-state index in [1.807, 2.05) is 13.0 Å². The average molecular weight is 490 g/mol. The van der Waals surface area contributed by atoms with Gasteiger partial charge in [0, 0.05) is 38.4 Å². The molecule has 0 amide bonds. The summed E-state index contributed by atoms with van der Waals surface area (Å²) >= 11 is 0. The Balaban J connectivity index is 0.00000261. The number of rotatable bonds is 5. The topological polar surface area (TPSA) is 89.2 Å². The number of nitrogens with zero attached hydrogens (tertiary/aromatic N) is 3. The molecule has 0 aliphatic carbocycles. The van der Waals surface area contributed by atoms with Crippen LogP contribution in [0.2, 0.25) is 0 Å². The highest BCUT2D eigenvalue weighted by Gasteiger charge is 2.32. The highest BCUT2D eigenvalue weighted by atomic mass is 127. The monoisotopic (exact) mass is 490 g/mol. The summed E-state index contributed by atoms with van der Waals surface area (Å²) in [5, 5.41) is 14.2. The molecule has 2 saturated heterocycles. The summed E-state index contributed by atoms with van der Waals surface area (Å²) in [6.07, 6.45) is 2.36. The lowest BCUT2D eigenvalue weighted by atomic mass is 10.1. The Bertz CT molecular complexity index is 652. The SMILES string of the molecule is CCNC(=NCc1cccc([N+](=O)[O-])c1)N1CCOC(C2CCCO2)C1.I. The van der Waals surface area contributed by atoms with Crippen molar-refractivity contribution < 1.29 is 14.4 Å². The molecule has 2 aliphatic heterocycles. The number of morpholine rings is 1. The van der Waals surface area contributed by atoms with Gasteiger partial charge in [-0.15, -0.1) is 24.0 Å². The highest BCUT2D eigenvalue weighted by molar-refractivity contribution is 14.0. The van der Waals surface area contributed by atoms with Crippen molar-refractivity contribution in [2.45, 2.75) is 38.5 Å². The summed E-state index contributed by atoms with van der Waals surface area (Å²) in [4.78, 5) is 17.4. The molecule has 27 heavy (non-hydrogen) atoms. The molecule has 0 aromatic heterocycles. The summed E-state index contributed by atoms with van der Waals surface area (Å²) in [6, 6.07) is 6.61. The van der Waals surface area contributed by atoms with Crippen LogP contribution in [0.4, 0.5) is 5.69 Å². The van der Waals surface area contributed by atoms with Gasteiger partial charge in [0.05, 0.1) is 24.2 Å². The molecule has 0 saturated carbocycles. The fraction of sp³-hybridized carbons (Fsp3) is 0.611. The van der Waals surface area contributed by atoms with Gasteiger partial charge in [-0.1, -0.05) is 12.1 Å². The Morgan fingerprint density at radius 1 is 1.37 bits per heavy atom. The second kappa shape index (κ2) is 10.8. The van der Waals surface area contributed by atoms with Crippen molar-refractivity contribution in [1.29, 1.82) is 0 Å². The normalized spacial score (nSPS) is 23.0. The van der Waals surface area contributed by atoms with Gasteiger partial charge in [0.1, 0.15) is 6.10 Å². The average Bonchev–Trinajstić information content (AvgIpc) is 3.20. The smallest absolute Gasteiger partial charge is 0.269 e. The first-order valence-electron chi connectivity index (χ1n) is 9.17. The Morgan fingerprint density at radius 2 is 2.19 bits per heavy atom. The van der Waals surface area contributed by atoms with E-state index in [0.29, 0.717) is 13.2 Å². The van der Waals surface area contributed by atoms with Gasteiger partial charge in [-0.25, -0.2) is 4.99 Å². The standard InChI is InChI=1S/C18H26N4O4.HI/c1-2-19-18(20-12-14-5-3-6-15(11-14)22(23)24)21-8-10-26-17(13-21)16-7-4-9-25-16;/h3,5-6,11,16-17H,2,4,7-10,12-13H2,1H3,(H,19,20);1H. The maximum Gasteiger partial charge on any atom is 0.269 e. The van der Waals surface area contributed by atoms with Crippen LogP contribution in [0.1, 0.15) is 25.3 Å². The molecule has 1 aromatic carbocycles. The Labute approximate surface area is 176 Å². The van der Waals surface area contributed by atoms with Crippen molar-refractivity contribution >= 4 is 35.6 Å². The van der Waals surface area contributed by atoms with E-state index in [9.17, 15) is 10.1 Å². The number of hydrogen-bond acceptors (Lipinski definition) is 5. The molecule has 2 unspecified atom stereocenters. The third-order valence-electron chi connectivity index (χ3n) is 4.64. The van der Waals surface area contributed by atoms with Crippen molar-refractivity contribution in [2.24, 2.45) is 4.99 Å². The van der Waals surface area contributed by atoms with Crippen LogP contribution in [0.3, 0.4) is 0 Å². The third kappa shape index (κ3) is 6.01. The highest BCUT2D eigenvalue weighted by Crippen LogP contribution is 2.21. The molecule has 2 atom stereocenters. The lowest BCUT2D eigenvalue weighted by Crippen LogP contribution is -2.53. The van der Waals surface area contributed by atoms with Gasteiger partial charge < -0.3 is 19.7 Å². The first-order chi connectivity index (χ1) is 12.7. The van der Waals surface area contributed by atoms with E-state index in [-0.39, 0.29) is 46.8 Å². The van der Waals surface area contributed by atoms with Crippen LogP contribution in [0.5, 0.6) is 0 Å². The molecule has 150 valence electrons. The van der Waals surface area contributed by atoms with Crippen LogP contribution in [0.25, 0.3) is 0 Å². The van der Waals surface area contributed by atoms with Gasteiger partial charge in [0.2, 0.25) is 0 Å². The minimum Gasteiger partial charge on any atom is -0.375 e. The lowest BCUT2D eigenvalue weighted by Gasteiger charge is -2.37. The quantitative estimate of drug-likeness (QED) is 0.225. The maximum atomic E-state index is 10.9. The zero-order chi connectivity index (χ0) is 18.4. The van der Waals surface area contributed by atoms with Gasteiger partial charge >= 0.3 is 0 Å². The summed E-state index contributed by atoms with van der Waals surface area (Å²) in [5.74, 6) is 0.810. The molecule has 0 radical (unpaired) electrons. The van der Waals surface area contributed by atoms with Crippen LogP contribution in [-0.4, -0.2) is 60.8 Å². The van der Waals surface area contributed by atoms with E-state index in [1.54, 1.807) is 12.1 Å². The van der Waals surface area contributed by atoms with Crippen LogP contribution in [0.15, 0.2) is 29.3 Å². The summed E-state index contributed by atoms with van der Waals surface area (Å²) in [7, 11) is 0. The van der Waals surface area contributed by atoms with E-state index in [1.165, 1.54) is 6.07 Å². The second-order valence-electron chi connectivity index (χ2n) is 6.50. The van der Waals surface area contributed by atoms with E-state index in [4.69, 9.17) is 9.47 Å². The molecule has 1 N–H and O–H groups in total. The van der Waals surface area contributed by atoms with E-state index in [2.05, 4.69) is 15.2 Å². The maximum absolute atomic E-state index is 10.9. The van der Waals surface area contributed by atoms with Crippen molar-refractivity contribution in [3.8, 4) is 0 Å². The molecule has 2 fully saturated rings. The Hall–Kier alpha value is -1.46. The van der Waals surface area contributed by atoms with Crippen molar-refractivity contribution in [3.63, 3.8) is 0 Å². The number of hydrogen-bond donors (Lipinski definition) is 1. The van der Waals surface area contributed by atoms with Crippen molar-refractivity contribution in [2.75, 3.05) is 32.8 Å². The summed E-state index contributed by atoms with van der Waals surface area (Å²) in [6.45, 7) is 6.15. The first kappa shape index (κ1) is 21.8. The molecular weight excluding hydrogens is 463 g/mol. The predicted octanol–water partition coefficient (Wildman–Crippen LogP) is 2.56. The number of aliphatic imine (C=N–C) groups is 1. The van der Waals surface area contributed by atoms with Crippen LogP contribution in [0, 0.1) is 10.1 Å². The molecule has 0 bridgehead atoms. The fourth-order valence-electron chi connectivity index (χ4n) is 3.35. The molecule has 1 aromatic rings. The van der Waals surface area contributed by atoms with Crippen molar-refractivity contribution in [3.05, 3.63) is 39.9 Å². The number of ether oxygens (including phenoxy) is 2.